The van der Waals surface area contributed by atoms with Gasteiger partial charge in [0, 0.05) is 12.8 Å². The number of hydrogen-bond acceptors (Lipinski definition) is 2. The summed E-state index contributed by atoms with van der Waals surface area (Å²) in [5, 5.41) is 0. The van der Waals surface area contributed by atoms with Crippen LogP contribution in [0.25, 0.3) is 0 Å². The average molecular weight is 158 g/mol. The predicted octanol–water partition coefficient (Wildman–Crippen LogP) is 2.17. The molecular formula is C9H18O2. The van der Waals surface area contributed by atoms with Gasteiger partial charge in [-0.2, -0.15) is 0 Å². The minimum Gasteiger partial charge on any atom is -0.377 e. The Morgan fingerprint density at radius 3 is 2.55 bits per heavy atom. The predicted molar refractivity (Wildman–Crippen MR) is 45.6 cm³/mol. The first-order valence-corrected chi connectivity index (χ1v) is 4.46. The molecule has 1 atom stereocenters. The molecule has 0 aliphatic carbocycles. The van der Waals surface area contributed by atoms with Crippen molar-refractivity contribution in [3.63, 3.8) is 0 Å². The molecule has 0 unspecified atom stereocenters. The van der Waals surface area contributed by atoms with E-state index in [4.69, 9.17) is 4.74 Å². The normalized spacial score (nSPS) is 23.9. The first-order valence-electron chi connectivity index (χ1n) is 4.46. The number of carbonyl (C=O) groups is 1. The standard InChI is InChI=1S/C7H12O2.C2H6/c1-2-7-5-6(8)3-4-9-7;1-2/h7H,2-5H2,1H3;1-2H3/t7-;/m1./s1. The third kappa shape index (κ3) is 4.14. The SMILES string of the molecule is CC.CC[C@@H]1CC(=O)CCO1. The average Bonchev–Trinajstić information content (AvgIpc) is 2.08. The van der Waals surface area contributed by atoms with Crippen LogP contribution < -0.4 is 0 Å². The minimum atomic E-state index is 0.214. The molecular weight excluding hydrogens is 140 g/mol. The zero-order chi connectivity index (χ0) is 8.69. The van der Waals surface area contributed by atoms with Gasteiger partial charge in [0.2, 0.25) is 0 Å². The van der Waals surface area contributed by atoms with Crippen molar-refractivity contribution in [1.29, 1.82) is 0 Å². The van der Waals surface area contributed by atoms with Crippen LogP contribution in [0.2, 0.25) is 0 Å². The molecule has 1 saturated heterocycles. The number of hydrogen-bond donors (Lipinski definition) is 0. The zero-order valence-electron chi connectivity index (χ0n) is 7.72. The quantitative estimate of drug-likeness (QED) is 0.584. The first-order chi connectivity index (χ1) is 5.33. The summed E-state index contributed by atoms with van der Waals surface area (Å²) in [6.07, 6.45) is 2.44. The van der Waals surface area contributed by atoms with E-state index in [0.29, 0.717) is 25.2 Å². The van der Waals surface area contributed by atoms with Crippen molar-refractivity contribution in [2.24, 2.45) is 0 Å². The van der Waals surface area contributed by atoms with Gasteiger partial charge in [0.1, 0.15) is 5.78 Å². The van der Waals surface area contributed by atoms with Crippen LogP contribution in [-0.4, -0.2) is 18.5 Å². The van der Waals surface area contributed by atoms with Crippen LogP contribution in [0.3, 0.4) is 0 Å². The van der Waals surface area contributed by atoms with Crippen molar-refractivity contribution < 1.29 is 9.53 Å². The molecule has 0 aromatic carbocycles. The fourth-order valence-corrected chi connectivity index (χ4v) is 1.02. The van der Waals surface area contributed by atoms with Gasteiger partial charge in [0.15, 0.2) is 0 Å². The molecule has 0 saturated carbocycles. The van der Waals surface area contributed by atoms with E-state index in [9.17, 15) is 4.79 Å². The van der Waals surface area contributed by atoms with Gasteiger partial charge < -0.3 is 4.74 Å². The van der Waals surface area contributed by atoms with E-state index in [1.54, 1.807) is 0 Å². The smallest absolute Gasteiger partial charge is 0.137 e. The fourth-order valence-electron chi connectivity index (χ4n) is 1.02. The second-order valence-electron chi connectivity index (χ2n) is 2.39. The second-order valence-corrected chi connectivity index (χ2v) is 2.39. The van der Waals surface area contributed by atoms with Gasteiger partial charge in [-0.25, -0.2) is 0 Å². The Kier molecular flexibility index (Phi) is 6.13. The molecule has 2 heteroatoms. The summed E-state index contributed by atoms with van der Waals surface area (Å²) < 4.78 is 5.28. The van der Waals surface area contributed by atoms with Gasteiger partial charge in [0.05, 0.1) is 12.7 Å². The van der Waals surface area contributed by atoms with E-state index < -0.39 is 0 Å². The van der Waals surface area contributed by atoms with E-state index in [-0.39, 0.29) is 6.10 Å². The second kappa shape index (κ2) is 6.35. The van der Waals surface area contributed by atoms with Crippen molar-refractivity contribution in [1.82, 2.24) is 0 Å². The van der Waals surface area contributed by atoms with Crippen LogP contribution in [0, 0.1) is 0 Å². The van der Waals surface area contributed by atoms with Crippen molar-refractivity contribution in [3.8, 4) is 0 Å². The van der Waals surface area contributed by atoms with Crippen LogP contribution >= 0.6 is 0 Å². The molecule has 1 heterocycles. The zero-order valence-corrected chi connectivity index (χ0v) is 7.72. The summed E-state index contributed by atoms with van der Waals surface area (Å²) in [6.45, 7) is 6.68. The highest BCUT2D eigenvalue weighted by atomic mass is 16.5. The van der Waals surface area contributed by atoms with Crippen LogP contribution in [-0.2, 0) is 9.53 Å². The van der Waals surface area contributed by atoms with Gasteiger partial charge in [0.25, 0.3) is 0 Å². The Morgan fingerprint density at radius 1 is 1.55 bits per heavy atom. The maximum Gasteiger partial charge on any atom is 0.137 e. The Bertz CT molecular complexity index is 110. The lowest BCUT2D eigenvalue weighted by molar-refractivity contribution is -0.128. The summed E-state index contributed by atoms with van der Waals surface area (Å²) in [5.74, 6) is 0.355. The number of Topliss-reactive ketones (excluding diaryl/α,β-unsaturated/α-hetero) is 1. The highest BCUT2D eigenvalue weighted by Crippen LogP contribution is 2.11. The van der Waals surface area contributed by atoms with Crippen molar-refractivity contribution in [2.75, 3.05) is 6.61 Å². The van der Waals surface area contributed by atoms with Gasteiger partial charge in [-0.1, -0.05) is 20.8 Å². The highest BCUT2D eigenvalue weighted by Gasteiger charge is 2.17. The summed E-state index contributed by atoms with van der Waals surface area (Å²) >= 11 is 0. The van der Waals surface area contributed by atoms with Crippen molar-refractivity contribution in [2.45, 2.75) is 46.1 Å². The van der Waals surface area contributed by atoms with E-state index in [1.165, 1.54) is 0 Å². The Hall–Kier alpha value is -0.370. The van der Waals surface area contributed by atoms with E-state index in [1.807, 2.05) is 20.8 Å². The third-order valence-electron chi connectivity index (χ3n) is 1.65. The molecule has 0 spiro atoms. The maximum atomic E-state index is 10.8. The number of ketones is 1. The van der Waals surface area contributed by atoms with Crippen LogP contribution in [0.4, 0.5) is 0 Å². The van der Waals surface area contributed by atoms with E-state index in [0.717, 1.165) is 6.42 Å². The van der Waals surface area contributed by atoms with Crippen LogP contribution in [0.15, 0.2) is 0 Å². The molecule has 66 valence electrons. The summed E-state index contributed by atoms with van der Waals surface area (Å²) in [5.41, 5.74) is 0. The molecule has 0 aromatic heterocycles. The summed E-state index contributed by atoms with van der Waals surface area (Å²) in [6, 6.07) is 0. The van der Waals surface area contributed by atoms with Gasteiger partial charge in [-0.05, 0) is 6.42 Å². The molecule has 11 heavy (non-hydrogen) atoms. The number of ether oxygens (including phenoxy) is 1. The van der Waals surface area contributed by atoms with Gasteiger partial charge >= 0.3 is 0 Å². The number of carbonyl (C=O) groups excluding carboxylic acids is 1. The Morgan fingerprint density at radius 2 is 2.18 bits per heavy atom. The molecule has 1 aliphatic heterocycles. The molecule has 0 radical (unpaired) electrons. The lowest BCUT2D eigenvalue weighted by Gasteiger charge is -2.19. The summed E-state index contributed by atoms with van der Waals surface area (Å²) in [7, 11) is 0. The Balaban J connectivity index is 0.000000461. The fraction of sp³-hybridized carbons (Fsp3) is 0.889. The number of rotatable bonds is 1. The Labute approximate surface area is 68.9 Å². The molecule has 1 aliphatic rings. The third-order valence-corrected chi connectivity index (χ3v) is 1.65. The molecule has 1 rings (SSSR count). The monoisotopic (exact) mass is 158 g/mol. The topological polar surface area (TPSA) is 26.3 Å². The molecule has 0 N–H and O–H groups in total. The lowest BCUT2D eigenvalue weighted by Crippen LogP contribution is -2.24. The molecule has 0 bridgehead atoms. The van der Waals surface area contributed by atoms with Gasteiger partial charge in [-0.3, -0.25) is 4.79 Å². The van der Waals surface area contributed by atoms with Crippen molar-refractivity contribution >= 4 is 5.78 Å². The first kappa shape index (κ1) is 10.6. The minimum absolute atomic E-state index is 0.214. The largest absolute Gasteiger partial charge is 0.377 e. The van der Waals surface area contributed by atoms with E-state index >= 15 is 0 Å². The van der Waals surface area contributed by atoms with E-state index in [2.05, 4.69) is 0 Å². The molecule has 0 aromatic rings. The lowest BCUT2D eigenvalue weighted by atomic mass is 10.1. The molecule has 1 fully saturated rings. The summed E-state index contributed by atoms with van der Waals surface area (Å²) in [4.78, 5) is 10.8. The molecule has 0 amide bonds. The highest BCUT2D eigenvalue weighted by molar-refractivity contribution is 5.79. The maximum absolute atomic E-state index is 10.8. The van der Waals surface area contributed by atoms with Gasteiger partial charge in [-0.15, -0.1) is 0 Å². The van der Waals surface area contributed by atoms with Crippen molar-refractivity contribution in [3.05, 3.63) is 0 Å². The van der Waals surface area contributed by atoms with Crippen LogP contribution in [0.1, 0.15) is 40.0 Å². The van der Waals surface area contributed by atoms with Crippen LogP contribution in [0.5, 0.6) is 0 Å². The molecule has 2 nitrogen and oxygen atoms in total.